The van der Waals surface area contributed by atoms with E-state index in [9.17, 15) is 4.79 Å². The highest BCUT2D eigenvalue weighted by atomic mass is 16.4. The first kappa shape index (κ1) is 14.5. The first-order valence-electron chi connectivity index (χ1n) is 6.80. The van der Waals surface area contributed by atoms with Crippen LogP contribution in [0.5, 0.6) is 0 Å². The highest BCUT2D eigenvalue weighted by Crippen LogP contribution is 2.25. The van der Waals surface area contributed by atoms with Crippen molar-refractivity contribution in [1.82, 2.24) is 4.90 Å². The van der Waals surface area contributed by atoms with Crippen LogP contribution in [0, 0.1) is 0 Å². The molecule has 0 atom stereocenters. The van der Waals surface area contributed by atoms with E-state index < -0.39 is 5.97 Å². The third-order valence-electron chi connectivity index (χ3n) is 3.53. The van der Waals surface area contributed by atoms with Gasteiger partial charge in [-0.1, -0.05) is 12.8 Å². The number of carboxylic acid groups (broad SMARTS) is 1. The molecule has 17 heavy (non-hydrogen) atoms. The summed E-state index contributed by atoms with van der Waals surface area (Å²) in [5.41, 5.74) is 0. The molecule has 2 N–H and O–H groups in total. The number of hydrogen-bond acceptors (Lipinski definition) is 3. The summed E-state index contributed by atoms with van der Waals surface area (Å²) in [5, 5.41) is 17.4. The van der Waals surface area contributed by atoms with Gasteiger partial charge in [0, 0.05) is 25.6 Å². The summed E-state index contributed by atoms with van der Waals surface area (Å²) in [5.74, 6) is -0.693. The molecule has 0 spiro atoms. The van der Waals surface area contributed by atoms with Crippen molar-refractivity contribution >= 4 is 5.97 Å². The number of unbranched alkanes of at least 4 members (excludes halogenated alkanes) is 2. The van der Waals surface area contributed by atoms with Crippen molar-refractivity contribution in [3.63, 3.8) is 0 Å². The molecular weight excluding hydrogens is 218 g/mol. The van der Waals surface area contributed by atoms with Gasteiger partial charge < -0.3 is 15.1 Å². The Balaban J connectivity index is 2.08. The number of hydrogen-bond donors (Lipinski definition) is 2. The summed E-state index contributed by atoms with van der Waals surface area (Å²) < 4.78 is 0. The molecule has 1 rings (SSSR count). The SMILES string of the molecule is O=C(O)CCCCCN(CCCO)C1CCC1. The van der Waals surface area contributed by atoms with Crippen molar-refractivity contribution in [2.24, 2.45) is 0 Å². The van der Waals surface area contributed by atoms with Gasteiger partial charge in [-0.15, -0.1) is 0 Å². The molecule has 1 fully saturated rings. The first-order valence-corrected chi connectivity index (χ1v) is 6.80. The fraction of sp³-hybridized carbons (Fsp3) is 0.923. The van der Waals surface area contributed by atoms with Gasteiger partial charge in [-0.05, 0) is 38.6 Å². The Bertz CT molecular complexity index is 217. The van der Waals surface area contributed by atoms with E-state index in [0.29, 0.717) is 6.42 Å². The Morgan fingerprint density at radius 3 is 2.35 bits per heavy atom. The van der Waals surface area contributed by atoms with Gasteiger partial charge in [0.25, 0.3) is 0 Å². The highest BCUT2D eigenvalue weighted by molar-refractivity contribution is 5.66. The predicted octanol–water partition coefficient (Wildman–Crippen LogP) is 1.87. The van der Waals surface area contributed by atoms with Crippen molar-refractivity contribution < 1.29 is 15.0 Å². The largest absolute Gasteiger partial charge is 0.481 e. The van der Waals surface area contributed by atoms with Gasteiger partial charge in [-0.2, -0.15) is 0 Å². The first-order chi connectivity index (χ1) is 8.24. The lowest BCUT2D eigenvalue weighted by atomic mass is 9.91. The molecule has 1 saturated carbocycles. The lowest BCUT2D eigenvalue weighted by Crippen LogP contribution is -2.41. The number of aliphatic hydroxyl groups excluding tert-OH is 1. The van der Waals surface area contributed by atoms with Crippen LogP contribution in [-0.4, -0.2) is 46.8 Å². The summed E-state index contributed by atoms with van der Waals surface area (Å²) in [7, 11) is 0. The van der Waals surface area contributed by atoms with E-state index in [1.165, 1.54) is 19.3 Å². The van der Waals surface area contributed by atoms with Gasteiger partial charge >= 0.3 is 5.97 Å². The summed E-state index contributed by atoms with van der Waals surface area (Å²) >= 11 is 0. The van der Waals surface area contributed by atoms with Crippen LogP contribution in [0.1, 0.15) is 51.4 Å². The number of aliphatic carboxylic acids is 1. The molecule has 0 aromatic heterocycles. The van der Waals surface area contributed by atoms with Crippen LogP contribution in [0.2, 0.25) is 0 Å². The molecule has 4 heteroatoms. The van der Waals surface area contributed by atoms with E-state index in [0.717, 1.165) is 44.8 Å². The molecule has 0 amide bonds. The molecule has 0 heterocycles. The maximum absolute atomic E-state index is 10.4. The smallest absolute Gasteiger partial charge is 0.303 e. The zero-order valence-electron chi connectivity index (χ0n) is 10.6. The lowest BCUT2D eigenvalue weighted by molar-refractivity contribution is -0.137. The van der Waals surface area contributed by atoms with Crippen LogP contribution in [0.15, 0.2) is 0 Å². The maximum Gasteiger partial charge on any atom is 0.303 e. The Labute approximate surface area is 104 Å². The van der Waals surface area contributed by atoms with E-state index in [1.54, 1.807) is 0 Å². The molecule has 1 aliphatic rings. The highest BCUT2D eigenvalue weighted by Gasteiger charge is 2.23. The van der Waals surface area contributed by atoms with Gasteiger partial charge in [0.05, 0.1) is 0 Å². The maximum atomic E-state index is 10.4. The number of carboxylic acids is 1. The fourth-order valence-corrected chi connectivity index (χ4v) is 2.27. The van der Waals surface area contributed by atoms with Crippen LogP contribution in [0.3, 0.4) is 0 Å². The molecule has 0 unspecified atom stereocenters. The molecule has 4 nitrogen and oxygen atoms in total. The molecule has 0 bridgehead atoms. The molecule has 0 aromatic carbocycles. The zero-order chi connectivity index (χ0) is 12.5. The minimum atomic E-state index is -0.693. The van der Waals surface area contributed by atoms with Crippen LogP contribution < -0.4 is 0 Å². The summed E-state index contributed by atoms with van der Waals surface area (Å²) in [4.78, 5) is 12.8. The summed E-state index contributed by atoms with van der Waals surface area (Å²) in [6.07, 6.45) is 7.92. The molecule has 1 aliphatic carbocycles. The van der Waals surface area contributed by atoms with Crippen LogP contribution in [-0.2, 0) is 4.79 Å². The van der Waals surface area contributed by atoms with Crippen molar-refractivity contribution in [3.05, 3.63) is 0 Å². The van der Waals surface area contributed by atoms with Crippen LogP contribution in [0.25, 0.3) is 0 Å². The molecule has 0 radical (unpaired) electrons. The van der Waals surface area contributed by atoms with E-state index in [1.807, 2.05) is 0 Å². The van der Waals surface area contributed by atoms with E-state index in [4.69, 9.17) is 10.2 Å². The lowest BCUT2D eigenvalue weighted by Gasteiger charge is -2.37. The Kier molecular flexibility index (Phi) is 7.21. The average Bonchev–Trinajstić information content (AvgIpc) is 2.21. The zero-order valence-corrected chi connectivity index (χ0v) is 10.6. The molecule has 0 aromatic rings. The van der Waals surface area contributed by atoms with Crippen molar-refractivity contribution in [2.75, 3.05) is 19.7 Å². The van der Waals surface area contributed by atoms with Crippen LogP contribution >= 0.6 is 0 Å². The number of aliphatic hydroxyl groups is 1. The monoisotopic (exact) mass is 243 g/mol. The van der Waals surface area contributed by atoms with E-state index in [2.05, 4.69) is 4.90 Å². The Morgan fingerprint density at radius 2 is 1.82 bits per heavy atom. The third kappa shape index (κ3) is 6.03. The number of nitrogens with zero attached hydrogens (tertiary/aromatic N) is 1. The van der Waals surface area contributed by atoms with Crippen LogP contribution in [0.4, 0.5) is 0 Å². The minimum Gasteiger partial charge on any atom is -0.481 e. The second-order valence-corrected chi connectivity index (χ2v) is 4.90. The van der Waals surface area contributed by atoms with E-state index in [-0.39, 0.29) is 6.61 Å². The molecule has 0 saturated heterocycles. The minimum absolute atomic E-state index is 0.266. The number of rotatable bonds is 10. The van der Waals surface area contributed by atoms with Crippen molar-refractivity contribution in [1.29, 1.82) is 0 Å². The second-order valence-electron chi connectivity index (χ2n) is 4.90. The fourth-order valence-electron chi connectivity index (χ4n) is 2.27. The van der Waals surface area contributed by atoms with Gasteiger partial charge in [-0.25, -0.2) is 0 Å². The predicted molar refractivity (Wildman–Crippen MR) is 67.0 cm³/mol. The van der Waals surface area contributed by atoms with Gasteiger partial charge in [-0.3, -0.25) is 4.79 Å². The Morgan fingerprint density at radius 1 is 1.12 bits per heavy atom. The Hall–Kier alpha value is -0.610. The van der Waals surface area contributed by atoms with E-state index >= 15 is 0 Å². The quantitative estimate of drug-likeness (QED) is 0.575. The molecular formula is C13H25NO3. The second kappa shape index (κ2) is 8.48. The summed E-state index contributed by atoms with van der Waals surface area (Å²) in [6.45, 7) is 2.31. The standard InChI is InChI=1S/C13H25NO3/c15-11-5-10-14(12-6-4-7-12)9-3-1-2-8-13(16)17/h12,15H,1-11H2,(H,16,17). The third-order valence-corrected chi connectivity index (χ3v) is 3.53. The average molecular weight is 243 g/mol. The molecule has 100 valence electrons. The van der Waals surface area contributed by atoms with Crippen molar-refractivity contribution in [2.45, 2.75) is 57.4 Å². The summed E-state index contributed by atoms with van der Waals surface area (Å²) in [6, 6.07) is 0.723. The van der Waals surface area contributed by atoms with Gasteiger partial charge in [0.2, 0.25) is 0 Å². The van der Waals surface area contributed by atoms with Gasteiger partial charge in [0.1, 0.15) is 0 Å². The molecule has 0 aliphatic heterocycles. The topological polar surface area (TPSA) is 60.8 Å². The van der Waals surface area contributed by atoms with Crippen molar-refractivity contribution in [3.8, 4) is 0 Å². The normalized spacial score (nSPS) is 16.1. The van der Waals surface area contributed by atoms with Gasteiger partial charge in [0.15, 0.2) is 0 Å². The number of carbonyl (C=O) groups is 1.